The fraction of sp³-hybridized carbons (Fsp3) is 0.433. The molecule has 0 aromatic carbocycles. The van der Waals surface area contributed by atoms with Crippen molar-refractivity contribution >= 4 is 34.6 Å². The fourth-order valence-corrected chi connectivity index (χ4v) is 4.26. The molecule has 226 valence electrons. The zero-order chi connectivity index (χ0) is 31.1. The maximum absolute atomic E-state index is 14.9. The Hall–Kier alpha value is -4.48. The summed E-state index contributed by atoms with van der Waals surface area (Å²) in [5, 5.41) is 2.58. The van der Waals surface area contributed by atoms with Gasteiger partial charge in [-0.1, -0.05) is 19.9 Å². The lowest BCUT2D eigenvalue weighted by molar-refractivity contribution is -0.125. The van der Waals surface area contributed by atoms with Crippen molar-refractivity contribution in [3.05, 3.63) is 69.7 Å². The van der Waals surface area contributed by atoms with Crippen molar-refractivity contribution in [2.75, 3.05) is 33.5 Å². The van der Waals surface area contributed by atoms with Gasteiger partial charge in [0, 0.05) is 45.6 Å². The number of nitrogens with zero attached hydrogens (tertiary/aromatic N) is 4. The van der Waals surface area contributed by atoms with Gasteiger partial charge in [-0.15, -0.1) is 0 Å². The minimum absolute atomic E-state index is 0.00310. The number of aryl methyl sites for hydroxylation is 1. The van der Waals surface area contributed by atoms with Crippen LogP contribution in [0, 0.1) is 18.7 Å². The zero-order valence-electron chi connectivity index (χ0n) is 25.2. The van der Waals surface area contributed by atoms with Crippen molar-refractivity contribution in [3.63, 3.8) is 0 Å². The highest BCUT2D eigenvalue weighted by molar-refractivity contribution is 5.95. The molecule has 0 radical (unpaired) electrons. The molecule has 3 heterocycles. The maximum atomic E-state index is 14.9. The molecule has 0 aliphatic carbocycles. The first-order valence-electron chi connectivity index (χ1n) is 13.7. The number of hydrogen-bond donors (Lipinski definition) is 2. The molecular weight excluding hydrogens is 543 g/mol. The minimum atomic E-state index is -1.20. The van der Waals surface area contributed by atoms with Crippen molar-refractivity contribution in [1.82, 2.24) is 24.3 Å². The van der Waals surface area contributed by atoms with Gasteiger partial charge in [-0.05, 0) is 56.4 Å². The summed E-state index contributed by atoms with van der Waals surface area (Å²) in [5.74, 6) is -0.993. The van der Waals surface area contributed by atoms with Gasteiger partial charge in [0.1, 0.15) is 11.5 Å². The maximum Gasteiger partial charge on any atom is 0.410 e. The second-order valence-electron chi connectivity index (χ2n) is 11.0. The Bertz CT molecular complexity index is 1540. The van der Waals surface area contributed by atoms with E-state index in [0.29, 0.717) is 34.4 Å². The quantitative estimate of drug-likeness (QED) is 0.331. The molecule has 0 saturated heterocycles. The van der Waals surface area contributed by atoms with Gasteiger partial charge in [0.2, 0.25) is 5.91 Å². The summed E-state index contributed by atoms with van der Waals surface area (Å²) < 4.78 is 21.6. The number of rotatable bonds is 11. The van der Waals surface area contributed by atoms with Crippen molar-refractivity contribution in [3.8, 4) is 0 Å². The Morgan fingerprint density at radius 1 is 1.19 bits per heavy atom. The number of amides is 3. The van der Waals surface area contributed by atoms with Gasteiger partial charge >= 0.3 is 6.09 Å². The number of likely N-dealkylation sites (N-methyl/N-ethyl adjacent to an activating group) is 1. The van der Waals surface area contributed by atoms with Crippen molar-refractivity contribution in [2.24, 2.45) is 5.92 Å². The van der Waals surface area contributed by atoms with E-state index < -0.39 is 23.7 Å². The number of nitrogens with one attached hydrogen (secondary N) is 2. The van der Waals surface area contributed by atoms with E-state index in [9.17, 15) is 23.6 Å². The van der Waals surface area contributed by atoms with Crippen LogP contribution in [-0.2, 0) is 27.3 Å². The van der Waals surface area contributed by atoms with E-state index in [1.54, 1.807) is 45.4 Å². The number of hydrogen-bond acceptors (Lipinski definition) is 6. The van der Waals surface area contributed by atoms with E-state index in [0.717, 1.165) is 0 Å². The molecule has 0 saturated carbocycles. The normalized spacial score (nSPS) is 12.1. The molecular formula is C30H39FN6O5. The molecule has 3 rings (SSSR count). The lowest BCUT2D eigenvalue weighted by Crippen LogP contribution is -2.37. The van der Waals surface area contributed by atoms with Gasteiger partial charge in [0.15, 0.2) is 6.10 Å². The van der Waals surface area contributed by atoms with Crippen molar-refractivity contribution in [2.45, 2.75) is 52.7 Å². The Morgan fingerprint density at radius 3 is 2.55 bits per heavy atom. The number of aromatic amines is 1. The number of H-pyrrole nitrogens is 1. The van der Waals surface area contributed by atoms with Gasteiger partial charge in [-0.3, -0.25) is 14.4 Å². The van der Waals surface area contributed by atoms with Crippen LogP contribution in [0.3, 0.4) is 0 Å². The molecule has 0 aliphatic heterocycles. The number of aromatic nitrogens is 3. The van der Waals surface area contributed by atoms with E-state index >= 15 is 0 Å². The number of halogens is 1. The third-order valence-corrected chi connectivity index (χ3v) is 6.45. The first-order valence-corrected chi connectivity index (χ1v) is 13.7. The molecule has 3 aromatic rings. The Morgan fingerprint density at radius 2 is 1.90 bits per heavy atom. The summed E-state index contributed by atoms with van der Waals surface area (Å²) in [7, 11) is 6.22. The van der Waals surface area contributed by atoms with Crippen molar-refractivity contribution in [1.29, 1.82) is 0 Å². The van der Waals surface area contributed by atoms with Gasteiger partial charge in [-0.2, -0.15) is 0 Å². The van der Waals surface area contributed by atoms with Crippen LogP contribution < -0.4 is 10.9 Å². The summed E-state index contributed by atoms with van der Waals surface area (Å²) in [6.45, 7) is 5.78. The Balaban J connectivity index is 1.82. The monoisotopic (exact) mass is 582 g/mol. The summed E-state index contributed by atoms with van der Waals surface area (Å²) >= 11 is 0. The molecule has 2 N–H and O–H groups in total. The molecule has 1 unspecified atom stereocenters. The number of pyridine rings is 2. The zero-order valence-corrected chi connectivity index (χ0v) is 25.2. The largest absolute Gasteiger partial charge is 0.436 e. The predicted octanol–water partition coefficient (Wildman–Crippen LogP) is 3.85. The summed E-state index contributed by atoms with van der Waals surface area (Å²) in [4.78, 5) is 60.6. The van der Waals surface area contributed by atoms with Gasteiger partial charge in [0.25, 0.3) is 11.5 Å². The molecule has 0 spiro atoms. The third-order valence-electron chi connectivity index (χ3n) is 6.45. The fourth-order valence-electron chi connectivity index (χ4n) is 4.26. The number of allylic oxidation sites excluding steroid dienone is 1. The molecule has 1 atom stereocenters. The van der Waals surface area contributed by atoms with Crippen LogP contribution in [0.15, 0.2) is 41.3 Å². The minimum Gasteiger partial charge on any atom is -0.436 e. The number of carbonyl (C=O) groups excluding carboxylic acids is 3. The lowest BCUT2D eigenvalue weighted by Gasteiger charge is -2.19. The smallest absolute Gasteiger partial charge is 0.410 e. The topological polar surface area (TPSA) is 130 Å². The standard InChI is InChI=1S/C30H39FN6O5/c1-18(2)15-21-26(31)19(3)32-23-16-20(33-27(21)23)17-37-14-10-11-22(29(37)40)34-28(39)24(42-30(41)36(6)7)12-8-9-13-25(38)35(4)5/h9-11,13-14,16,18,24,33H,8,12,15,17H2,1-7H3,(H,34,39)/b13-9+. The van der Waals surface area contributed by atoms with Crippen LogP contribution in [0.2, 0.25) is 0 Å². The number of carbonyl (C=O) groups is 3. The number of anilines is 1. The second kappa shape index (κ2) is 13.9. The summed E-state index contributed by atoms with van der Waals surface area (Å²) in [6, 6.07) is 4.86. The van der Waals surface area contributed by atoms with Crippen LogP contribution >= 0.6 is 0 Å². The van der Waals surface area contributed by atoms with Crippen LogP contribution in [0.4, 0.5) is 14.9 Å². The van der Waals surface area contributed by atoms with Gasteiger partial charge in [-0.25, -0.2) is 14.2 Å². The number of fused-ring (bicyclic) bond motifs is 1. The highest BCUT2D eigenvalue weighted by Gasteiger charge is 2.24. The molecule has 12 heteroatoms. The number of ether oxygens (including phenoxy) is 1. The SMILES string of the molecule is Cc1nc2cc(Cn3cccc(NC(=O)C(CC/C=C/C(=O)N(C)C)OC(=O)N(C)C)c3=O)[nH]c2c(CC(C)C)c1F. The average Bonchev–Trinajstić information content (AvgIpc) is 3.31. The third kappa shape index (κ3) is 8.05. The lowest BCUT2D eigenvalue weighted by atomic mass is 10.0. The molecule has 0 fully saturated rings. The molecule has 42 heavy (non-hydrogen) atoms. The Labute approximate surface area is 244 Å². The molecule has 0 aliphatic rings. The predicted molar refractivity (Wildman–Crippen MR) is 159 cm³/mol. The second-order valence-corrected chi connectivity index (χ2v) is 11.0. The van der Waals surface area contributed by atoms with Crippen LogP contribution in [0.5, 0.6) is 0 Å². The van der Waals surface area contributed by atoms with E-state index in [4.69, 9.17) is 4.74 Å². The highest BCUT2D eigenvalue weighted by atomic mass is 19.1. The average molecular weight is 583 g/mol. The van der Waals surface area contributed by atoms with Crippen LogP contribution in [0.25, 0.3) is 11.0 Å². The van der Waals surface area contributed by atoms with Gasteiger partial charge in [0.05, 0.1) is 23.3 Å². The molecule has 0 bridgehead atoms. The Kier molecular flexibility index (Phi) is 10.6. The van der Waals surface area contributed by atoms with E-state index in [1.807, 2.05) is 13.8 Å². The van der Waals surface area contributed by atoms with Gasteiger partial charge < -0.3 is 29.4 Å². The first-order chi connectivity index (χ1) is 19.8. The molecule has 3 amide bonds. The molecule has 3 aromatic heterocycles. The summed E-state index contributed by atoms with van der Waals surface area (Å²) in [6.07, 6.45) is 3.54. The van der Waals surface area contributed by atoms with E-state index in [-0.39, 0.29) is 42.7 Å². The van der Waals surface area contributed by atoms with E-state index in [1.165, 1.54) is 40.6 Å². The molecule has 11 nitrogen and oxygen atoms in total. The van der Waals surface area contributed by atoms with E-state index in [2.05, 4.69) is 15.3 Å². The van der Waals surface area contributed by atoms with Crippen LogP contribution in [-0.4, -0.2) is 76.5 Å². The van der Waals surface area contributed by atoms with Crippen molar-refractivity contribution < 1.29 is 23.5 Å². The summed E-state index contributed by atoms with van der Waals surface area (Å²) in [5.41, 5.74) is 2.27. The first kappa shape index (κ1) is 32.0. The highest BCUT2D eigenvalue weighted by Crippen LogP contribution is 2.25. The van der Waals surface area contributed by atoms with Crippen LogP contribution in [0.1, 0.15) is 43.6 Å².